The topological polar surface area (TPSA) is 3.24 Å². The minimum atomic E-state index is 0.465. The van der Waals surface area contributed by atoms with Crippen LogP contribution in [0.15, 0.2) is 69.6 Å². The highest BCUT2D eigenvalue weighted by atomic mass is 79.9. The molecular formula is C24H21Br2N. The quantitative estimate of drug-likeness (QED) is 0.391. The summed E-state index contributed by atoms with van der Waals surface area (Å²) in [4.78, 5) is 2.77. The first-order valence-electron chi connectivity index (χ1n) is 9.89. The van der Waals surface area contributed by atoms with E-state index in [4.69, 9.17) is 0 Å². The highest BCUT2D eigenvalue weighted by Crippen LogP contribution is 2.59. The van der Waals surface area contributed by atoms with Gasteiger partial charge in [0.05, 0.1) is 6.04 Å². The first kappa shape index (κ1) is 16.6. The maximum absolute atomic E-state index is 3.82. The first-order chi connectivity index (χ1) is 13.2. The van der Waals surface area contributed by atoms with Crippen LogP contribution in [0.25, 0.3) is 0 Å². The Hall–Kier alpha value is -1.32. The molecule has 2 aromatic carbocycles. The van der Waals surface area contributed by atoms with Crippen molar-refractivity contribution in [3.8, 4) is 0 Å². The average molecular weight is 483 g/mol. The van der Waals surface area contributed by atoms with Gasteiger partial charge in [0.1, 0.15) is 0 Å². The van der Waals surface area contributed by atoms with Gasteiger partial charge in [-0.15, -0.1) is 0 Å². The van der Waals surface area contributed by atoms with Gasteiger partial charge >= 0.3 is 0 Å². The number of halogens is 2. The molecule has 0 spiro atoms. The van der Waals surface area contributed by atoms with Gasteiger partial charge in [-0.25, -0.2) is 0 Å². The monoisotopic (exact) mass is 481 g/mol. The smallest absolute Gasteiger partial charge is 0.0582 e. The van der Waals surface area contributed by atoms with E-state index in [2.05, 4.69) is 97.5 Å². The minimum Gasteiger partial charge on any atom is -0.363 e. The summed E-state index contributed by atoms with van der Waals surface area (Å²) in [5, 5.41) is 0. The Morgan fingerprint density at radius 2 is 1.52 bits per heavy atom. The summed E-state index contributed by atoms with van der Waals surface area (Å²) in [6, 6.07) is 14.3. The number of hydrogen-bond acceptors (Lipinski definition) is 1. The Bertz CT molecular complexity index is 957. The van der Waals surface area contributed by atoms with Crippen LogP contribution in [0.2, 0.25) is 0 Å². The summed E-state index contributed by atoms with van der Waals surface area (Å²) in [5.41, 5.74) is 6.04. The fourth-order valence-electron chi connectivity index (χ4n) is 5.98. The molecule has 0 fully saturated rings. The molecule has 4 aliphatic rings. The van der Waals surface area contributed by atoms with Crippen molar-refractivity contribution in [2.24, 2.45) is 11.8 Å². The number of fused-ring (bicyclic) bond motifs is 4. The van der Waals surface area contributed by atoms with Crippen LogP contribution in [-0.2, 0) is 0 Å². The van der Waals surface area contributed by atoms with E-state index in [1.807, 2.05) is 0 Å². The third-order valence-corrected chi connectivity index (χ3v) is 8.01. The Labute approximate surface area is 177 Å². The lowest BCUT2D eigenvalue weighted by Gasteiger charge is -2.51. The largest absolute Gasteiger partial charge is 0.363 e. The van der Waals surface area contributed by atoms with Crippen LogP contribution in [0.4, 0.5) is 5.69 Å². The lowest BCUT2D eigenvalue weighted by Crippen LogP contribution is -2.46. The van der Waals surface area contributed by atoms with Gasteiger partial charge < -0.3 is 4.90 Å². The second kappa shape index (κ2) is 6.09. The predicted molar refractivity (Wildman–Crippen MR) is 118 cm³/mol. The fraction of sp³-hybridized carbons (Fsp3) is 0.333. The number of nitrogens with zero attached hydrogens (tertiary/aromatic N) is 1. The molecule has 0 saturated carbocycles. The number of hydrogen-bond donors (Lipinski definition) is 0. The summed E-state index contributed by atoms with van der Waals surface area (Å²) < 4.78 is 2.39. The minimum absolute atomic E-state index is 0.465. The van der Waals surface area contributed by atoms with Crippen LogP contribution in [0.3, 0.4) is 0 Å². The number of anilines is 1. The summed E-state index contributed by atoms with van der Waals surface area (Å²) in [5.74, 6) is 2.46. The molecule has 0 amide bonds. The van der Waals surface area contributed by atoms with Crippen molar-refractivity contribution in [3.05, 3.63) is 86.3 Å². The molecule has 0 bridgehead atoms. The molecule has 0 radical (unpaired) electrons. The van der Waals surface area contributed by atoms with Gasteiger partial charge in [0.15, 0.2) is 0 Å². The maximum atomic E-state index is 3.82. The third kappa shape index (κ3) is 2.40. The van der Waals surface area contributed by atoms with Crippen LogP contribution in [0, 0.1) is 11.8 Å². The van der Waals surface area contributed by atoms with Crippen LogP contribution >= 0.6 is 31.9 Å². The van der Waals surface area contributed by atoms with E-state index in [1.165, 1.54) is 46.2 Å². The number of allylic oxidation sites excluding steroid dienone is 4. The van der Waals surface area contributed by atoms with E-state index in [-0.39, 0.29) is 0 Å². The van der Waals surface area contributed by atoms with Gasteiger partial charge in [0.25, 0.3) is 0 Å². The van der Waals surface area contributed by atoms with E-state index >= 15 is 0 Å². The van der Waals surface area contributed by atoms with Gasteiger partial charge in [0.2, 0.25) is 0 Å². The molecule has 0 unspecified atom stereocenters. The standard InChI is InChI=1S/C24H21Br2N/c25-16-9-7-14(8-10-16)23-20-6-2-5-19(20)22-12-17(26)11-21-18-4-1-3-15(18)13-27(23)24(21)22/h1-2,4-5,7-12,15,18-20,23H,3,6,13H2/t15-,18-,19+,20-,23-/m1/s1. The first-order valence-corrected chi connectivity index (χ1v) is 11.5. The van der Waals surface area contributed by atoms with Crippen molar-refractivity contribution < 1.29 is 0 Å². The Kier molecular flexibility index (Phi) is 3.75. The molecule has 5 atom stereocenters. The molecule has 27 heavy (non-hydrogen) atoms. The van der Waals surface area contributed by atoms with Gasteiger partial charge in [-0.05, 0) is 65.6 Å². The van der Waals surface area contributed by atoms with Crippen molar-refractivity contribution in [1.82, 2.24) is 0 Å². The van der Waals surface area contributed by atoms with Crippen molar-refractivity contribution in [3.63, 3.8) is 0 Å². The predicted octanol–water partition coefficient (Wildman–Crippen LogP) is 7.11. The van der Waals surface area contributed by atoms with Crippen LogP contribution < -0.4 is 4.90 Å². The van der Waals surface area contributed by atoms with E-state index in [1.54, 1.807) is 0 Å². The SMILES string of the molecule is Brc1ccc([C@@H]2[C@@H]3CC=C[C@@H]3c3cc(Br)cc4c3N2C[C@H]2CC=C[C@@H]42)cc1. The van der Waals surface area contributed by atoms with Crippen molar-refractivity contribution in [1.29, 1.82) is 0 Å². The molecule has 136 valence electrons. The van der Waals surface area contributed by atoms with E-state index in [9.17, 15) is 0 Å². The highest BCUT2D eigenvalue weighted by molar-refractivity contribution is 9.10. The Morgan fingerprint density at radius 1 is 0.815 bits per heavy atom. The molecule has 0 saturated heterocycles. The van der Waals surface area contributed by atoms with E-state index in [0.717, 1.165) is 4.47 Å². The van der Waals surface area contributed by atoms with Gasteiger partial charge in [0, 0.05) is 33.0 Å². The molecule has 0 N–H and O–H groups in total. The lowest BCUT2D eigenvalue weighted by atomic mass is 9.71. The van der Waals surface area contributed by atoms with E-state index < -0.39 is 0 Å². The molecule has 0 aromatic heterocycles. The fourth-order valence-corrected chi connectivity index (χ4v) is 6.74. The second-order valence-electron chi connectivity index (χ2n) is 8.38. The zero-order chi connectivity index (χ0) is 18.1. The van der Waals surface area contributed by atoms with Crippen LogP contribution in [0.1, 0.15) is 47.4 Å². The highest BCUT2D eigenvalue weighted by Gasteiger charge is 2.47. The Balaban J connectivity index is 1.59. The molecule has 6 rings (SSSR count). The third-order valence-electron chi connectivity index (χ3n) is 7.03. The zero-order valence-corrected chi connectivity index (χ0v) is 18.2. The summed E-state index contributed by atoms with van der Waals surface area (Å²) >= 11 is 7.43. The molecule has 2 heterocycles. The van der Waals surface area contributed by atoms with Gasteiger partial charge in [-0.3, -0.25) is 0 Å². The molecule has 3 heteroatoms. The second-order valence-corrected chi connectivity index (χ2v) is 10.2. The molecule has 2 aliphatic heterocycles. The molecule has 2 aliphatic carbocycles. The Morgan fingerprint density at radius 3 is 2.33 bits per heavy atom. The van der Waals surface area contributed by atoms with Crippen molar-refractivity contribution in [2.45, 2.75) is 30.7 Å². The summed E-state index contributed by atoms with van der Waals surface area (Å²) in [7, 11) is 0. The molecule has 2 aromatic rings. The van der Waals surface area contributed by atoms with Crippen molar-refractivity contribution in [2.75, 3.05) is 11.4 Å². The molecular weight excluding hydrogens is 462 g/mol. The van der Waals surface area contributed by atoms with Crippen LogP contribution in [0.5, 0.6) is 0 Å². The van der Waals surface area contributed by atoms with Gasteiger partial charge in [-0.1, -0.05) is 68.3 Å². The van der Waals surface area contributed by atoms with Gasteiger partial charge in [-0.2, -0.15) is 0 Å². The molecule has 1 nitrogen and oxygen atoms in total. The average Bonchev–Trinajstić information content (AvgIpc) is 3.32. The van der Waals surface area contributed by atoms with E-state index in [0.29, 0.717) is 29.7 Å². The number of rotatable bonds is 1. The maximum Gasteiger partial charge on any atom is 0.0582 e. The van der Waals surface area contributed by atoms with Crippen molar-refractivity contribution >= 4 is 37.5 Å². The summed E-state index contributed by atoms with van der Waals surface area (Å²) in [6.45, 7) is 1.17. The zero-order valence-electron chi connectivity index (χ0n) is 15.0. The number of benzene rings is 2. The van der Waals surface area contributed by atoms with Crippen LogP contribution in [-0.4, -0.2) is 6.54 Å². The lowest BCUT2D eigenvalue weighted by molar-refractivity contribution is 0.335. The summed E-state index contributed by atoms with van der Waals surface area (Å²) in [6.07, 6.45) is 12.1. The normalized spacial score (nSPS) is 32.4.